The molecule has 2 heterocycles. The predicted octanol–water partition coefficient (Wildman–Crippen LogP) is 3.41. The van der Waals surface area contributed by atoms with Gasteiger partial charge in [-0.05, 0) is 50.9 Å². The molecule has 1 aromatic carbocycles. The standard InChI is InChI=1S/C16H23ClN2/c1-13-4-5-16(14(10-13)11-17)19-9-6-15(12-19)18-7-2-3-8-18/h4-5,10,15H,2-3,6-9,11-12H2,1H3. The number of alkyl halides is 1. The Labute approximate surface area is 121 Å². The third-order valence-corrected chi connectivity index (χ3v) is 4.83. The highest BCUT2D eigenvalue weighted by Crippen LogP contribution is 2.29. The van der Waals surface area contributed by atoms with Crippen LogP contribution in [0.4, 0.5) is 5.69 Å². The van der Waals surface area contributed by atoms with Crippen LogP contribution in [0.25, 0.3) is 0 Å². The number of hydrogen-bond acceptors (Lipinski definition) is 2. The summed E-state index contributed by atoms with van der Waals surface area (Å²) in [5, 5.41) is 0. The van der Waals surface area contributed by atoms with Gasteiger partial charge in [-0.25, -0.2) is 0 Å². The molecule has 3 rings (SSSR count). The minimum Gasteiger partial charge on any atom is -0.370 e. The van der Waals surface area contributed by atoms with Crippen molar-refractivity contribution < 1.29 is 0 Å². The molecule has 2 aliphatic heterocycles. The first-order chi connectivity index (χ1) is 9.28. The van der Waals surface area contributed by atoms with Crippen LogP contribution in [0.3, 0.4) is 0 Å². The molecule has 1 aromatic rings. The Bertz CT molecular complexity index is 440. The maximum Gasteiger partial charge on any atom is 0.0494 e. The highest BCUT2D eigenvalue weighted by atomic mass is 35.5. The minimum atomic E-state index is 0.613. The summed E-state index contributed by atoms with van der Waals surface area (Å²) in [7, 11) is 0. The van der Waals surface area contributed by atoms with Gasteiger partial charge in [-0.2, -0.15) is 0 Å². The van der Waals surface area contributed by atoms with Gasteiger partial charge in [0.05, 0.1) is 0 Å². The molecule has 0 N–H and O–H groups in total. The Morgan fingerprint density at radius 2 is 2.00 bits per heavy atom. The van der Waals surface area contributed by atoms with E-state index >= 15 is 0 Å². The van der Waals surface area contributed by atoms with Crippen LogP contribution in [0.5, 0.6) is 0 Å². The summed E-state index contributed by atoms with van der Waals surface area (Å²) < 4.78 is 0. The van der Waals surface area contributed by atoms with Crippen LogP contribution in [0, 0.1) is 6.92 Å². The quantitative estimate of drug-likeness (QED) is 0.782. The van der Waals surface area contributed by atoms with E-state index in [-0.39, 0.29) is 0 Å². The van der Waals surface area contributed by atoms with E-state index in [4.69, 9.17) is 11.6 Å². The van der Waals surface area contributed by atoms with E-state index in [9.17, 15) is 0 Å². The first kappa shape index (κ1) is 13.3. The third kappa shape index (κ3) is 2.75. The Morgan fingerprint density at radius 1 is 1.21 bits per heavy atom. The molecule has 1 atom stereocenters. The molecule has 19 heavy (non-hydrogen) atoms. The lowest BCUT2D eigenvalue weighted by atomic mass is 10.1. The molecule has 2 fully saturated rings. The van der Waals surface area contributed by atoms with E-state index in [1.807, 2.05) is 0 Å². The molecular weight excluding hydrogens is 256 g/mol. The molecule has 0 saturated carbocycles. The number of rotatable bonds is 3. The van der Waals surface area contributed by atoms with Gasteiger partial charge in [0.25, 0.3) is 0 Å². The molecule has 2 aliphatic rings. The van der Waals surface area contributed by atoms with Crippen molar-refractivity contribution in [1.82, 2.24) is 4.90 Å². The van der Waals surface area contributed by atoms with Crippen molar-refractivity contribution in [3.63, 3.8) is 0 Å². The van der Waals surface area contributed by atoms with E-state index in [0.717, 1.165) is 6.04 Å². The van der Waals surface area contributed by atoms with Crippen LogP contribution in [0.2, 0.25) is 0 Å². The van der Waals surface area contributed by atoms with Crippen LogP contribution in [0.15, 0.2) is 18.2 Å². The molecule has 2 nitrogen and oxygen atoms in total. The van der Waals surface area contributed by atoms with Crippen LogP contribution < -0.4 is 4.90 Å². The first-order valence-electron chi connectivity index (χ1n) is 7.42. The van der Waals surface area contributed by atoms with Gasteiger partial charge in [0.1, 0.15) is 0 Å². The van der Waals surface area contributed by atoms with Crippen LogP contribution in [-0.2, 0) is 5.88 Å². The monoisotopic (exact) mass is 278 g/mol. The van der Waals surface area contributed by atoms with E-state index in [2.05, 4.69) is 34.9 Å². The van der Waals surface area contributed by atoms with E-state index in [1.165, 1.54) is 62.3 Å². The molecule has 0 radical (unpaired) electrons. The number of aryl methyl sites for hydroxylation is 1. The van der Waals surface area contributed by atoms with Crippen molar-refractivity contribution in [2.24, 2.45) is 0 Å². The number of likely N-dealkylation sites (tertiary alicyclic amines) is 1. The smallest absolute Gasteiger partial charge is 0.0494 e. The largest absolute Gasteiger partial charge is 0.370 e. The lowest BCUT2D eigenvalue weighted by molar-refractivity contribution is 0.260. The van der Waals surface area contributed by atoms with Gasteiger partial charge in [0.15, 0.2) is 0 Å². The second kappa shape index (κ2) is 5.72. The normalized spacial score (nSPS) is 24.3. The van der Waals surface area contributed by atoms with Gasteiger partial charge in [-0.1, -0.05) is 17.7 Å². The van der Waals surface area contributed by atoms with Crippen molar-refractivity contribution in [3.8, 4) is 0 Å². The Kier molecular flexibility index (Phi) is 3.99. The fourth-order valence-corrected chi connectivity index (χ4v) is 3.71. The first-order valence-corrected chi connectivity index (χ1v) is 7.96. The third-order valence-electron chi connectivity index (χ3n) is 4.54. The van der Waals surface area contributed by atoms with E-state index in [1.54, 1.807) is 0 Å². The highest BCUT2D eigenvalue weighted by molar-refractivity contribution is 6.17. The lowest BCUT2D eigenvalue weighted by Crippen LogP contribution is -2.35. The number of anilines is 1. The van der Waals surface area contributed by atoms with Gasteiger partial charge in [0.2, 0.25) is 0 Å². The molecule has 0 bridgehead atoms. The molecule has 0 amide bonds. The summed E-state index contributed by atoms with van der Waals surface area (Å²) in [6.07, 6.45) is 4.07. The average molecular weight is 279 g/mol. The predicted molar refractivity (Wildman–Crippen MR) is 82.2 cm³/mol. The van der Waals surface area contributed by atoms with Gasteiger partial charge in [0, 0.05) is 30.7 Å². The molecular formula is C16H23ClN2. The molecule has 0 aliphatic carbocycles. The van der Waals surface area contributed by atoms with E-state index in [0.29, 0.717) is 5.88 Å². The SMILES string of the molecule is Cc1ccc(N2CCC(N3CCCC3)C2)c(CCl)c1. The Balaban J connectivity index is 1.73. The van der Waals surface area contributed by atoms with Crippen molar-refractivity contribution in [1.29, 1.82) is 0 Å². The van der Waals surface area contributed by atoms with Crippen molar-refractivity contribution >= 4 is 17.3 Å². The molecule has 1 unspecified atom stereocenters. The molecule has 104 valence electrons. The zero-order chi connectivity index (χ0) is 13.2. The van der Waals surface area contributed by atoms with Crippen molar-refractivity contribution in [2.75, 3.05) is 31.1 Å². The maximum absolute atomic E-state index is 6.11. The van der Waals surface area contributed by atoms with E-state index < -0.39 is 0 Å². The van der Waals surface area contributed by atoms with Crippen molar-refractivity contribution in [2.45, 2.75) is 38.1 Å². The van der Waals surface area contributed by atoms with Gasteiger partial charge in [-0.15, -0.1) is 11.6 Å². The second-order valence-electron chi connectivity index (χ2n) is 5.90. The van der Waals surface area contributed by atoms with Crippen LogP contribution >= 0.6 is 11.6 Å². The molecule has 2 saturated heterocycles. The Hall–Kier alpha value is -0.730. The van der Waals surface area contributed by atoms with Gasteiger partial charge in [-0.3, -0.25) is 4.90 Å². The fraction of sp³-hybridized carbons (Fsp3) is 0.625. The summed E-state index contributed by atoms with van der Waals surface area (Å²) in [6.45, 7) is 7.08. The molecule has 0 aromatic heterocycles. The molecule has 0 spiro atoms. The summed E-state index contributed by atoms with van der Waals surface area (Å²) >= 11 is 6.11. The van der Waals surface area contributed by atoms with Crippen LogP contribution in [0.1, 0.15) is 30.4 Å². The maximum atomic E-state index is 6.11. The summed E-state index contributed by atoms with van der Waals surface area (Å²) in [5.74, 6) is 0.613. The summed E-state index contributed by atoms with van der Waals surface area (Å²) in [6, 6.07) is 7.44. The number of benzene rings is 1. The van der Waals surface area contributed by atoms with Gasteiger partial charge < -0.3 is 4.90 Å². The van der Waals surface area contributed by atoms with Gasteiger partial charge >= 0.3 is 0 Å². The number of halogens is 1. The average Bonchev–Trinajstić information content (AvgIpc) is 3.09. The topological polar surface area (TPSA) is 6.48 Å². The van der Waals surface area contributed by atoms with Crippen molar-refractivity contribution in [3.05, 3.63) is 29.3 Å². The zero-order valence-corrected chi connectivity index (χ0v) is 12.5. The number of nitrogens with zero attached hydrogens (tertiary/aromatic N) is 2. The van der Waals surface area contributed by atoms with Crippen LogP contribution in [-0.4, -0.2) is 37.1 Å². The highest BCUT2D eigenvalue weighted by Gasteiger charge is 2.29. The second-order valence-corrected chi connectivity index (χ2v) is 6.16. The zero-order valence-electron chi connectivity index (χ0n) is 11.7. The number of hydrogen-bond donors (Lipinski definition) is 0. The summed E-state index contributed by atoms with van der Waals surface area (Å²) in [4.78, 5) is 5.20. The minimum absolute atomic E-state index is 0.613. The lowest BCUT2D eigenvalue weighted by Gasteiger charge is -2.25. The summed E-state index contributed by atoms with van der Waals surface area (Å²) in [5.41, 5.74) is 3.93. The molecule has 3 heteroatoms. The Morgan fingerprint density at radius 3 is 2.74 bits per heavy atom. The fourth-order valence-electron chi connectivity index (χ4n) is 3.50.